The van der Waals surface area contributed by atoms with E-state index in [0.29, 0.717) is 36.3 Å². The number of anilines is 2. The summed E-state index contributed by atoms with van der Waals surface area (Å²) in [5, 5.41) is 3.01. The Morgan fingerprint density at radius 2 is 2.29 bits per heavy atom. The molecule has 0 aliphatic carbocycles. The number of nitrogens with zero attached hydrogens (tertiary/aromatic N) is 2. The lowest BCUT2D eigenvalue weighted by atomic mass is 10.4. The molecule has 0 bridgehead atoms. The quantitative estimate of drug-likeness (QED) is 0.746. The highest BCUT2D eigenvalue weighted by Gasteiger charge is 2.08. The van der Waals surface area contributed by atoms with Gasteiger partial charge < -0.3 is 15.8 Å². The van der Waals surface area contributed by atoms with Crippen molar-refractivity contribution in [3.63, 3.8) is 0 Å². The van der Waals surface area contributed by atoms with Crippen LogP contribution < -0.4 is 15.8 Å². The molecule has 1 unspecified atom stereocenters. The van der Waals surface area contributed by atoms with Crippen LogP contribution >= 0.6 is 0 Å². The molecule has 0 aromatic carbocycles. The Bertz CT molecular complexity index is 387. The van der Waals surface area contributed by atoms with Crippen molar-refractivity contribution >= 4 is 22.3 Å². The van der Waals surface area contributed by atoms with Crippen molar-refractivity contribution in [1.29, 1.82) is 0 Å². The maximum atomic E-state index is 10.9. The number of hydrogen-bond acceptors (Lipinski definition) is 6. The molecule has 3 N–H and O–H groups in total. The first-order chi connectivity index (χ1) is 8.15. The Morgan fingerprint density at radius 3 is 2.94 bits per heavy atom. The van der Waals surface area contributed by atoms with Gasteiger partial charge >= 0.3 is 0 Å². The molecule has 17 heavy (non-hydrogen) atoms. The molecule has 0 radical (unpaired) electrons. The summed E-state index contributed by atoms with van der Waals surface area (Å²) in [6.07, 6.45) is 3.94. The van der Waals surface area contributed by atoms with E-state index in [1.54, 1.807) is 6.26 Å². The predicted octanol–water partition coefficient (Wildman–Crippen LogP) is 0.638. The second-order valence-electron chi connectivity index (χ2n) is 3.49. The summed E-state index contributed by atoms with van der Waals surface area (Å²) in [5.74, 6) is 1.47. The normalized spacial score (nSPS) is 12.1. The Morgan fingerprint density at radius 1 is 1.53 bits per heavy atom. The third kappa shape index (κ3) is 4.56. The third-order valence-electron chi connectivity index (χ3n) is 1.97. The van der Waals surface area contributed by atoms with E-state index in [0.717, 1.165) is 6.42 Å². The number of rotatable bonds is 7. The highest BCUT2D eigenvalue weighted by molar-refractivity contribution is 7.84. The average molecular weight is 258 g/mol. The molecule has 1 heterocycles. The maximum absolute atomic E-state index is 10.9. The molecule has 0 saturated heterocycles. The summed E-state index contributed by atoms with van der Waals surface area (Å²) >= 11 is 0. The molecule has 0 amide bonds. The molecule has 1 aromatic heterocycles. The molecular weight excluding hydrogens is 240 g/mol. The minimum Gasteiger partial charge on any atom is -0.476 e. The summed E-state index contributed by atoms with van der Waals surface area (Å²) in [4.78, 5) is 7.98. The van der Waals surface area contributed by atoms with E-state index >= 15 is 0 Å². The van der Waals surface area contributed by atoms with E-state index in [1.165, 1.54) is 6.33 Å². The first-order valence-electron chi connectivity index (χ1n) is 5.42. The Labute approximate surface area is 103 Å². The molecule has 1 aromatic rings. The van der Waals surface area contributed by atoms with Crippen LogP contribution in [-0.2, 0) is 10.8 Å². The van der Waals surface area contributed by atoms with E-state index in [1.807, 2.05) is 6.92 Å². The lowest BCUT2D eigenvalue weighted by Crippen LogP contribution is -2.13. The van der Waals surface area contributed by atoms with Gasteiger partial charge in [0.1, 0.15) is 12.0 Å². The van der Waals surface area contributed by atoms with E-state index in [9.17, 15) is 4.21 Å². The molecule has 96 valence electrons. The van der Waals surface area contributed by atoms with Crippen LogP contribution in [0.3, 0.4) is 0 Å². The summed E-state index contributed by atoms with van der Waals surface area (Å²) in [5.41, 5.74) is 6.24. The molecular formula is C10H18N4O2S. The number of nitrogen functional groups attached to an aromatic ring is 1. The number of hydrogen-bond donors (Lipinski definition) is 2. The predicted molar refractivity (Wildman–Crippen MR) is 69.7 cm³/mol. The maximum Gasteiger partial charge on any atom is 0.242 e. The molecule has 6 nitrogen and oxygen atoms in total. The van der Waals surface area contributed by atoms with Gasteiger partial charge in [0.25, 0.3) is 0 Å². The first kappa shape index (κ1) is 13.7. The topological polar surface area (TPSA) is 90.1 Å². The summed E-state index contributed by atoms with van der Waals surface area (Å²) < 4.78 is 16.3. The zero-order chi connectivity index (χ0) is 12.7. The molecule has 0 saturated carbocycles. The second-order valence-corrected chi connectivity index (χ2v) is 5.05. The lowest BCUT2D eigenvalue weighted by molar-refractivity contribution is 0.307. The van der Waals surface area contributed by atoms with E-state index in [-0.39, 0.29) is 0 Å². The largest absolute Gasteiger partial charge is 0.476 e. The van der Waals surface area contributed by atoms with Crippen molar-refractivity contribution in [1.82, 2.24) is 9.97 Å². The fourth-order valence-corrected chi connectivity index (χ4v) is 1.54. The van der Waals surface area contributed by atoms with Gasteiger partial charge in [0, 0.05) is 29.4 Å². The van der Waals surface area contributed by atoms with Gasteiger partial charge in [0.05, 0.1) is 6.61 Å². The van der Waals surface area contributed by atoms with Crippen molar-refractivity contribution in [3.8, 4) is 5.88 Å². The molecule has 1 rings (SSSR count). The smallest absolute Gasteiger partial charge is 0.242 e. The fourth-order valence-electron chi connectivity index (χ4n) is 1.15. The second kappa shape index (κ2) is 7.05. The monoisotopic (exact) mass is 258 g/mol. The number of ether oxygens (including phenoxy) is 1. The molecule has 0 aliphatic heterocycles. The summed E-state index contributed by atoms with van der Waals surface area (Å²) in [7, 11) is -0.834. The van der Waals surface area contributed by atoms with Crippen LogP contribution in [-0.4, -0.2) is 39.3 Å². The van der Waals surface area contributed by atoms with Crippen LogP contribution in [0.1, 0.15) is 13.3 Å². The Kier molecular flexibility index (Phi) is 5.68. The third-order valence-corrected chi connectivity index (χ3v) is 2.75. The van der Waals surface area contributed by atoms with Gasteiger partial charge in [-0.05, 0) is 6.42 Å². The van der Waals surface area contributed by atoms with Crippen LogP contribution in [0.4, 0.5) is 11.5 Å². The van der Waals surface area contributed by atoms with Crippen LogP contribution in [0.2, 0.25) is 0 Å². The SMILES string of the molecule is CCCOc1ncnc(NCCS(C)=O)c1N. The minimum atomic E-state index is -0.834. The van der Waals surface area contributed by atoms with E-state index in [2.05, 4.69) is 15.3 Å². The minimum absolute atomic E-state index is 0.391. The zero-order valence-electron chi connectivity index (χ0n) is 10.1. The van der Waals surface area contributed by atoms with Gasteiger partial charge in [-0.15, -0.1) is 0 Å². The standard InChI is InChI=1S/C10H18N4O2S/c1-3-5-16-10-8(11)9(13-7-14-10)12-4-6-17(2)15/h7H,3-6,11H2,1-2H3,(H,12,13,14). The highest BCUT2D eigenvalue weighted by atomic mass is 32.2. The molecule has 7 heteroatoms. The van der Waals surface area contributed by atoms with Crippen LogP contribution in [0.5, 0.6) is 5.88 Å². The summed E-state index contributed by atoms with van der Waals surface area (Å²) in [6.45, 7) is 3.13. The molecule has 1 atom stereocenters. The highest BCUT2D eigenvalue weighted by Crippen LogP contribution is 2.24. The molecule has 0 aliphatic rings. The number of aromatic nitrogens is 2. The van der Waals surface area contributed by atoms with Gasteiger partial charge in [0.2, 0.25) is 5.88 Å². The average Bonchev–Trinajstić information content (AvgIpc) is 2.29. The van der Waals surface area contributed by atoms with Crippen LogP contribution in [0, 0.1) is 0 Å². The fraction of sp³-hybridized carbons (Fsp3) is 0.600. The van der Waals surface area contributed by atoms with Crippen molar-refractivity contribution in [2.24, 2.45) is 0 Å². The van der Waals surface area contributed by atoms with Gasteiger partial charge in [0.15, 0.2) is 5.82 Å². The lowest BCUT2D eigenvalue weighted by Gasteiger charge is -2.10. The molecule has 0 spiro atoms. The van der Waals surface area contributed by atoms with Gasteiger partial charge in [-0.3, -0.25) is 4.21 Å². The molecule has 0 fully saturated rings. The van der Waals surface area contributed by atoms with Gasteiger partial charge in [-0.1, -0.05) is 6.92 Å². The van der Waals surface area contributed by atoms with Crippen molar-refractivity contribution < 1.29 is 8.95 Å². The summed E-state index contributed by atoms with van der Waals surface area (Å²) in [6, 6.07) is 0. The first-order valence-corrected chi connectivity index (χ1v) is 7.15. The van der Waals surface area contributed by atoms with E-state index < -0.39 is 10.8 Å². The zero-order valence-corrected chi connectivity index (χ0v) is 10.9. The van der Waals surface area contributed by atoms with Crippen LogP contribution in [0.25, 0.3) is 0 Å². The van der Waals surface area contributed by atoms with Gasteiger partial charge in [-0.2, -0.15) is 4.98 Å². The van der Waals surface area contributed by atoms with E-state index in [4.69, 9.17) is 10.5 Å². The van der Waals surface area contributed by atoms with Crippen molar-refractivity contribution in [2.45, 2.75) is 13.3 Å². The number of nitrogens with two attached hydrogens (primary N) is 1. The van der Waals surface area contributed by atoms with Crippen molar-refractivity contribution in [2.75, 3.05) is 36.2 Å². The van der Waals surface area contributed by atoms with Gasteiger partial charge in [-0.25, -0.2) is 4.98 Å². The Hall–Kier alpha value is -1.37. The van der Waals surface area contributed by atoms with Crippen LogP contribution in [0.15, 0.2) is 6.33 Å². The van der Waals surface area contributed by atoms with Crippen molar-refractivity contribution in [3.05, 3.63) is 6.33 Å². The Balaban J connectivity index is 2.62. The number of nitrogens with one attached hydrogen (secondary N) is 1.